The second kappa shape index (κ2) is 11.4. The number of rotatable bonds is 7. The van der Waals surface area contributed by atoms with Gasteiger partial charge in [-0.3, -0.25) is 14.5 Å². The van der Waals surface area contributed by atoms with E-state index < -0.39 is 0 Å². The van der Waals surface area contributed by atoms with Gasteiger partial charge in [0, 0.05) is 57.3 Å². The number of methoxy groups -OCH3 is 1. The number of morpholine rings is 1. The smallest absolute Gasteiger partial charge is 0.254 e. The van der Waals surface area contributed by atoms with Crippen molar-refractivity contribution < 1.29 is 23.8 Å². The van der Waals surface area contributed by atoms with Gasteiger partial charge in [0.1, 0.15) is 18.1 Å². The number of hydrogen-bond donors (Lipinski definition) is 0. The van der Waals surface area contributed by atoms with E-state index in [4.69, 9.17) is 14.2 Å². The van der Waals surface area contributed by atoms with E-state index in [-0.39, 0.29) is 17.9 Å². The van der Waals surface area contributed by atoms with Crippen LogP contribution in [0.1, 0.15) is 28.9 Å². The molecule has 34 heavy (non-hydrogen) atoms. The Morgan fingerprint density at radius 1 is 1.03 bits per heavy atom. The molecule has 8 nitrogen and oxygen atoms in total. The second-order valence-corrected chi connectivity index (χ2v) is 8.55. The molecule has 0 unspecified atom stereocenters. The van der Waals surface area contributed by atoms with Crippen LogP contribution in [0.4, 0.5) is 0 Å². The molecule has 2 aromatic carbocycles. The van der Waals surface area contributed by atoms with Crippen molar-refractivity contribution in [2.75, 3.05) is 66.2 Å². The molecule has 2 aliphatic heterocycles. The lowest BCUT2D eigenvalue weighted by atomic mass is 10.00. The van der Waals surface area contributed by atoms with Crippen LogP contribution in [0.2, 0.25) is 0 Å². The lowest BCUT2D eigenvalue weighted by Gasteiger charge is -2.41. The molecule has 4 rings (SSSR count). The number of carbonyl (C=O) groups excluding carboxylic acids is 2. The van der Waals surface area contributed by atoms with Gasteiger partial charge in [-0.05, 0) is 24.3 Å². The molecule has 2 saturated heterocycles. The Kier molecular flexibility index (Phi) is 8.03. The lowest BCUT2D eigenvalue weighted by molar-refractivity contribution is -0.133. The van der Waals surface area contributed by atoms with Crippen molar-refractivity contribution in [3.63, 3.8) is 0 Å². The van der Waals surface area contributed by atoms with Gasteiger partial charge in [0.25, 0.3) is 5.91 Å². The minimum atomic E-state index is -0.265. The van der Waals surface area contributed by atoms with Crippen molar-refractivity contribution in [2.45, 2.75) is 13.0 Å². The van der Waals surface area contributed by atoms with Crippen molar-refractivity contribution in [2.24, 2.45) is 0 Å². The fraction of sp³-hybridized carbons (Fsp3) is 0.462. The van der Waals surface area contributed by atoms with Gasteiger partial charge in [-0.1, -0.05) is 24.3 Å². The van der Waals surface area contributed by atoms with Gasteiger partial charge < -0.3 is 24.0 Å². The highest BCUT2D eigenvalue weighted by Crippen LogP contribution is 2.32. The van der Waals surface area contributed by atoms with Gasteiger partial charge in [-0.25, -0.2) is 0 Å². The van der Waals surface area contributed by atoms with E-state index in [0.717, 1.165) is 38.4 Å². The molecule has 0 aliphatic carbocycles. The molecule has 182 valence electrons. The maximum atomic E-state index is 13.4. The van der Waals surface area contributed by atoms with E-state index in [1.54, 1.807) is 20.1 Å². The van der Waals surface area contributed by atoms with Gasteiger partial charge >= 0.3 is 0 Å². The van der Waals surface area contributed by atoms with Crippen LogP contribution >= 0.6 is 0 Å². The molecule has 2 amide bonds. The van der Waals surface area contributed by atoms with Crippen LogP contribution in [-0.2, 0) is 9.53 Å². The summed E-state index contributed by atoms with van der Waals surface area (Å²) in [7, 11) is 1.62. The Morgan fingerprint density at radius 2 is 1.82 bits per heavy atom. The van der Waals surface area contributed by atoms with Crippen LogP contribution in [0.15, 0.2) is 48.5 Å². The molecule has 0 saturated carbocycles. The molecule has 0 N–H and O–H groups in total. The zero-order valence-corrected chi connectivity index (χ0v) is 19.9. The monoisotopic (exact) mass is 467 g/mol. The quantitative estimate of drug-likeness (QED) is 0.623. The third kappa shape index (κ3) is 5.69. The minimum Gasteiger partial charge on any atom is -0.496 e. The standard InChI is InChI=1S/C26H33N3O5/c1-20(30)29-11-10-28(19-24(29)23-8-3-4-9-25(23)32-2)26(31)21-6-5-7-22(18-21)34-17-14-27-12-15-33-16-13-27/h3-9,18,24H,10-17,19H2,1-2H3/t24-/m1/s1. The third-order valence-electron chi connectivity index (χ3n) is 6.43. The summed E-state index contributed by atoms with van der Waals surface area (Å²) in [5, 5.41) is 0. The summed E-state index contributed by atoms with van der Waals surface area (Å²) in [6, 6.07) is 14.7. The first-order chi connectivity index (χ1) is 16.6. The molecule has 1 atom stereocenters. The molecule has 2 aromatic rings. The van der Waals surface area contributed by atoms with Gasteiger partial charge in [-0.15, -0.1) is 0 Å². The number of amides is 2. The first-order valence-electron chi connectivity index (χ1n) is 11.8. The van der Waals surface area contributed by atoms with Crippen LogP contribution < -0.4 is 9.47 Å². The van der Waals surface area contributed by atoms with Crippen molar-refractivity contribution in [3.8, 4) is 11.5 Å². The predicted octanol–water partition coefficient (Wildman–Crippen LogP) is 2.45. The third-order valence-corrected chi connectivity index (χ3v) is 6.43. The van der Waals surface area contributed by atoms with Crippen LogP contribution in [0.25, 0.3) is 0 Å². The van der Waals surface area contributed by atoms with Crippen LogP contribution in [-0.4, -0.2) is 92.7 Å². The van der Waals surface area contributed by atoms with Crippen molar-refractivity contribution in [3.05, 3.63) is 59.7 Å². The summed E-state index contributed by atoms with van der Waals surface area (Å²) in [5.41, 5.74) is 1.48. The Bertz CT molecular complexity index is 992. The maximum absolute atomic E-state index is 13.4. The number of benzene rings is 2. The Labute approximate surface area is 201 Å². The number of hydrogen-bond acceptors (Lipinski definition) is 6. The topological polar surface area (TPSA) is 71.5 Å². The summed E-state index contributed by atoms with van der Waals surface area (Å²) in [4.78, 5) is 31.7. The maximum Gasteiger partial charge on any atom is 0.254 e. The van der Waals surface area contributed by atoms with Crippen LogP contribution in [0.3, 0.4) is 0 Å². The van der Waals surface area contributed by atoms with Gasteiger partial charge in [0.15, 0.2) is 0 Å². The summed E-state index contributed by atoms with van der Waals surface area (Å²) in [5.74, 6) is 1.31. The largest absolute Gasteiger partial charge is 0.496 e. The van der Waals surface area contributed by atoms with Crippen molar-refractivity contribution in [1.29, 1.82) is 0 Å². The van der Waals surface area contributed by atoms with Gasteiger partial charge in [-0.2, -0.15) is 0 Å². The summed E-state index contributed by atoms with van der Waals surface area (Å²) in [6.07, 6.45) is 0. The molecule has 8 heteroatoms. The molecular weight excluding hydrogens is 434 g/mol. The second-order valence-electron chi connectivity index (χ2n) is 8.55. The van der Waals surface area contributed by atoms with E-state index in [1.165, 1.54) is 0 Å². The average Bonchev–Trinajstić information content (AvgIpc) is 2.88. The minimum absolute atomic E-state index is 0.0151. The van der Waals surface area contributed by atoms with Crippen LogP contribution in [0, 0.1) is 0 Å². The highest BCUT2D eigenvalue weighted by Gasteiger charge is 2.34. The van der Waals surface area contributed by atoms with Crippen molar-refractivity contribution in [1.82, 2.24) is 14.7 Å². The number of para-hydroxylation sites is 1. The summed E-state index contributed by atoms with van der Waals surface area (Å²) >= 11 is 0. The lowest BCUT2D eigenvalue weighted by Crippen LogP contribution is -2.51. The van der Waals surface area contributed by atoms with E-state index in [1.807, 2.05) is 52.3 Å². The van der Waals surface area contributed by atoms with Gasteiger partial charge in [0.2, 0.25) is 5.91 Å². The number of carbonyl (C=O) groups is 2. The molecular formula is C26H33N3O5. The Hall–Kier alpha value is -3.10. The van der Waals surface area contributed by atoms with E-state index in [9.17, 15) is 9.59 Å². The molecule has 2 fully saturated rings. The molecule has 2 heterocycles. The fourth-order valence-corrected chi connectivity index (χ4v) is 4.57. The number of piperazine rings is 1. The SMILES string of the molecule is COc1ccccc1[C@H]1CN(C(=O)c2cccc(OCCN3CCOCC3)c2)CCN1C(C)=O. The fourth-order valence-electron chi connectivity index (χ4n) is 4.57. The summed E-state index contributed by atoms with van der Waals surface area (Å²) < 4.78 is 16.8. The Balaban J connectivity index is 1.44. The highest BCUT2D eigenvalue weighted by molar-refractivity contribution is 5.95. The van der Waals surface area contributed by atoms with Gasteiger partial charge in [0.05, 0.1) is 26.4 Å². The number of nitrogens with zero attached hydrogens (tertiary/aromatic N) is 3. The van der Waals surface area contributed by atoms with E-state index >= 15 is 0 Å². The summed E-state index contributed by atoms with van der Waals surface area (Å²) in [6.45, 7) is 7.67. The average molecular weight is 468 g/mol. The zero-order chi connectivity index (χ0) is 23.9. The molecule has 0 spiro atoms. The number of ether oxygens (including phenoxy) is 3. The normalized spacial score (nSPS) is 19.1. The molecule has 0 aromatic heterocycles. The molecule has 0 bridgehead atoms. The van der Waals surface area contributed by atoms with E-state index in [0.29, 0.717) is 43.3 Å². The highest BCUT2D eigenvalue weighted by atomic mass is 16.5. The van der Waals surface area contributed by atoms with E-state index in [2.05, 4.69) is 4.90 Å². The van der Waals surface area contributed by atoms with Crippen LogP contribution in [0.5, 0.6) is 11.5 Å². The molecule has 2 aliphatic rings. The first-order valence-corrected chi connectivity index (χ1v) is 11.8. The Morgan fingerprint density at radius 3 is 2.59 bits per heavy atom. The molecule has 0 radical (unpaired) electrons. The first kappa shape index (κ1) is 24.0. The zero-order valence-electron chi connectivity index (χ0n) is 19.9. The predicted molar refractivity (Wildman–Crippen MR) is 128 cm³/mol. The van der Waals surface area contributed by atoms with Crippen molar-refractivity contribution >= 4 is 11.8 Å².